The van der Waals surface area contributed by atoms with Crippen LogP contribution in [0.5, 0.6) is 0 Å². The fourth-order valence-electron chi connectivity index (χ4n) is 4.64. The van der Waals surface area contributed by atoms with E-state index in [0.29, 0.717) is 21.1 Å². The SMILES string of the molecule is Cc1ccc(-n2c(SCC(=O)Nc3cc(Cl)ccc3[N+](=O)[O-])nc3sc4c(c3c2=O)CCCC4)c(C)c1. The molecule has 5 rings (SSSR count). The lowest BCUT2D eigenvalue weighted by Gasteiger charge is -2.15. The highest BCUT2D eigenvalue weighted by Crippen LogP contribution is 2.36. The Balaban J connectivity index is 1.54. The monoisotopic (exact) mass is 554 g/mol. The summed E-state index contributed by atoms with van der Waals surface area (Å²) in [6, 6.07) is 9.84. The maximum absolute atomic E-state index is 13.9. The Morgan fingerprint density at radius 3 is 2.76 bits per heavy atom. The minimum Gasteiger partial charge on any atom is -0.320 e. The summed E-state index contributed by atoms with van der Waals surface area (Å²) in [7, 11) is 0. The zero-order chi connectivity index (χ0) is 26.3. The molecule has 1 aliphatic carbocycles. The largest absolute Gasteiger partial charge is 0.320 e. The summed E-state index contributed by atoms with van der Waals surface area (Å²) in [5.41, 5.74) is 3.45. The van der Waals surface area contributed by atoms with Crippen molar-refractivity contribution in [3.05, 3.63) is 83.5 Å². The predicted octanol–water partition coefficient (Wildman–Crippen LogP) is 6.24. The standard InChI is InChI=1S/C26H23ClN4O4S2/c1-14-7-9-19(15(2)11-14)30-25(33)23-17-5-3-4-6-21(17)37-24(23)29-26(30)36-13-22(32)28-18-12-16(27)8-10-20(18)31(34)35/h7-12H,3-6,13H2,1-2H3,(H,28,32). The summed E-state index contributed by atoms with van der Waals surface area (Å²) < 4.78 is 1.60. The molecule has 0 unspecified atom stereocenters. The van der Waals surface area contributed by atoms with Gasteiger partial charge in [0.25, 0.3) is 11.2 Å². The van der Waals surface area contributed by atoms with Crippen molar-refractivity contribution in [2.75, 3.05) is 11.1 Å². The quantitative estimate of drug-likeness (QED) is 0.131. The number of hydrogen-bond acceptors (Lipinski definition) is 7. The number of aromatic nitrogens is 2. The normalized spacial score (nSPS) is 12.9. The van der Waals surface area contributed by atoms with E-state index >= 15 is 0 Å². The van der Waals surface area contributed by atoms with Crippen molar-refractivity contribution < 1.29 is 9.72 Å². The molecule has 2 aromatic carbocycles. The van der Waals surface area contributed by atoms with Gasteiger partial charge >= 0.3 is 0 Å². The number of carbonyl (C=O) groups excluding carboxylic acids is 1. The van der Waals surface area contributed by atoms with Crippen LogP contribution >= 0.6 is 34.7 Å². The van der Waals surface area contributed by atoms with Gasteiger partial charge in [0.15, 0.2) is 5.16 Å². The van der Waals surface area contributed by atoms with E-state index in [1.807, 2.05) is 32.0 Å². The first-order valence-electron chi connectivity index (χ1n) is 11.7. The Bertz CT molecular complexity index is 1630. The number of nitro benzene ring substituents is 1. The van der Waals surface area contributed by atoms with Gasteiger partial charge in [-0.1, -0.05) is 41.1 Å². The number of carbonyl (C=O) groups is 1. The number of aryl methyl sites for hydroxylation is 4. The second-order valence-electron chi connectivity index (χ2n) is 8.97. The lowest BCUT2D eigenvalue weighted by atomic mass is 9.97. The Labute approximate surface area is 225 Å². The first kappa shape index (κ1) is 25.4. The Morgan fingerprint density at radius 1 is 1.22 bits per heavy atom. The Hall–Kier alpha value is -3.21. The molecule has 2 heterocycles. The van der Waals surface area contributed by atoms with Crippen LogP contribution in [0, 0.1) is 24.0 Å². The van der Waals surface area contributed by atoms with Crippen LogP contribution < -0.4 is 10.9 Å². The third-order valence-corrected chi connectivity index (χ3v) is 8.67. The molecular weight excluding hydrogens is 532 g/mol. The third-order valence-electron chi connectivity index (χ3n) is 6.31. The minimum absolute atomic E-state index is 0.0178. The van der Waals surface area contributed by atoms with Gasteiger partial charge in [-0.15, -0.1) is 11.3 Å². The topological polar surface area (TPSA) is 107 Å². The molecule has 2 aromatic heterocycles. The molecule has 0 radical (unpaired) electrons. The number of rotatable bonds is 6. The molecule has 0 aliphatic heterocycles. The van der Waals surface area contributed by atoms with Crippen molar-refractivity contribution in [3.63, 3.8) is 0 Å². The number of halogens is 1. The lowest BCUT2D eigenvalue weighted by Crippen LogP contribution is -2.24. The van der Waals surface area contributed by atoms with Gasteiger partial charge in [-0.3, -0.25) is 24.3 Å². The number of thiophene rings is 1. The molecule has 1 aliphatic rings. The predicted molar refractivity (Wildman–Crippen MR) is 149 cm³/mol. The van der Waals surface area contributed by atoms with Crippen LogP contribution in [0.15, 0.2) is 46.3 Å². The summed E-state index contributed by atoms with van der Waals surface area (Å²) in [5, 5.41) is 15.3. The first-order chi connectivity index (χ1) is 17.7. The molecule has 190 valence electrons. The van der Waals surface area contributed by atoms with Crippen LogP contribution in [0.1, 0.15) is 34.4 Å². The van der Waals surface area contributed by atoms with Gasteiger partial charge < -0.3 is 5.32 Å². The van der Waals surface area contributed by atoms with Gasteiger partial charge in [-0.25, -0.2) is 4.98 Å². The average molecular weight is 555 g/mol. The smallest absolute Gasteiger partial charge is 0.292 e. The summed E-state index contributed by atoms with van der Waals surface area (Å²) in [6.45, 7) is 3.94. The first-order valence-corrected chi connectivity index (χ1v) is 13.9. The zero-order valence-corrected chi connectivity index (χ0v) is 22.6. The molecule has 0 spiro atoms. The molecule has 0 saturated carbocycles. The highest BCUT2D eigenvalue weighted by Gasteiger charge is 2.24. The van der Waals surface area contributed by atoms with Crippen molar-refractivity contribution in [1.82, 2.24) is 9.55 Å². The maximum Gasteiger partial charge on any atom is 0.292 e. The Morgan fingerprint density at radius 2 is 2.00 bits per heavy atom. The highest BCUT2D eigenvalue weighted by molar-refractivity contribution is 7.99. The number of anilines is 1. The molecule has 8 nitrogen and oxygen atoms in total. The number of benzene rings is 2. The van der Waals surface area contributed by atoms with Crippen LogP contribution in [0.25, 0.3) is 15.9 Å². The molecule has 11 heteroatoms. The number of thioether (sulfide) groups is 1. The fourth-order valence-corrected chi connectivity index (χ4v) is 6.92. The van der Waals surface area contributed by atoms with Crippen molar-refractivity contribution >= 4 is 62.2 Å². The number of nitrogens with one attached hydrogen (secondary N) is 1. The second-order valence-corrected chi connectivity index (χ2v) is 11.4. The van der Waals surface area contributed by atoms with E-state index in [9.17, 15) is 19.7 Å². The average Bonchev–Trinajstić information content (AvgIpc) is 3.22. The van der Waals surface area contributed by atoms with E-state index in [0.717, 1.165) is 54.1 Å². The molecular formula is C26H23ClN4O4S2. The van der Waals surface area contributed by atoms with Gasteiger partial charge in [-0.2, -0.15) is 0 Å². The van der Waals surface area contributed by atoms with E-state index in [1.54, 1.807) is 15.9 Å². The summed E-state index contributed by atoms with van der Waals surface area (Å²) >= 11 is 8.66. The van der Waals surface area contributed by atoms with Crippen LogP contribution in [0.3, 0.4) is 0 Å². The lowest BCUT2D eigenvalue weighted by molar-refractivity contribution is -0.383. The van der Waals surface area contributed by atoms with E-state index < -0.39 is 10.8 Å². The molecule has 1 N–H and O–H groups in total. The van der Waals surface area contributed by atoms with Crippen molar-refractivity contribution in [1.29, 1.82) is 0 Å². The number of hydrogen-bond donors (Lipinski definition) is 1. The van der Waals surface area contributed by atoms with Crippen molar-refractivity contribution in [3.8, 4) is 5.69 Å². The number of nitrogens with zero attached hydrogens (tertiary/aromatic N) is 3. The molecule has 4 aromatic rings. The summed E-state index contributed by atoms with van der Waals surface area (Å²) in [6.07, 6.45) is 3.96. The molecule has 0 atom stereocenters. The molecule has 0 bridgehead atoms. The van der Waals surface area contributed by atoms with Crippen LogP contribution in [0.2, 0.25) is 5.02 Å². The number of amides is 1. The minimum atomic E-state index is -0.578. The summed E-state index contributed by atoms with van der Waals surface area (Å²) in [5.74, 6) is -0.570. The van der Waals surface area contributed by atoms with Crippen LogP contribution in [0.4, 0.5) is 11.4 Å². The second kappa shape index (κ2) is 10.3. The Kier molecular flexibility index (Phi) is 7.06. The zero-order valence-electron chi connectivity index (χ0n) is 20.2. The van der Waals surface area contributed by atoms with E-state index in [2.05, 4.69) is 5.32 Å². The van der Waals surface area contributed by atoms with E-state index in [4.69, 9.17) is 16.6 Å². The number of nitro groups is 1. The molecule has 37 heavy (non-hydrogen) atoms. The van der Waals surface area contributed by atoms with Gasteiger partial charge in [0, 0.05) is 16.0 Å². The van der Waals surface area contributed by atoms with Gasteiger partial charge in [0.2, 0.25) is 5.91 Å². The van der Waals surface area contributed by atoms with Crippen LogP contribution in [-0.2, 0) is 17.6 Å². The molecule has 0 fully saturated rings. The van der Waals surface area contributed by atoms with Crippen LogP contribution in [-0.4, -0.2) is 26.1 Å². The third kappa shape index (κ3) is 5.01. The van der Waals surface area contributed by atoms with Crippen molar-refractivity contribution in [2.45, 2.75) is 44.7 Å². The molecule has 0 saturated heterocycles. The summed E-state index contributed by atoms with van der Waals surface area (Å²) in [4.78, 5) is 44.3. The number of fused-ring (bicyclic) bond motifs is 3. The maximum atomic E-state index is 13.9. The fraction of sp³-hybridized carbons (Fsp3) is 0.269. The van der Waals surface area contributed by atoms with Crippen molar-refractivity contribution in [2.24, 2.45) is 0 Å². The van der Waals surface area contributed by atoms with Gasteiger partial charge in [0.1, 0.15) is 10.5 Å². The van der Waals surface area contributed by atoms with Gasteiger partial charge in [0.05, 0.1) is 21.7 Å². The van der Waals surface area contributed by atoms with E-state index in [-0.39, 0.29) is 27.7 Å². The highest BCUT2D eigenvalue weighted by atomic mass is 35.5. The molecule has 1 amide bonds. The van der Waals surface area contributed by atoms with E-state index in [1.165, 1.54) is 23.1 Å². The van der Waals surface area contributed by atoms with Gasteiger partial charge in [-0.05, 0) is 68.9 Å².